The Kier molecular flexibility index (Phi) is 4.14. The Morgan fingerprint density at radius 2 is 1.48 bits per heavy atom. The SMILES string of the molecule is O=C(O)c1[nH]nnc1-c1ccc(-c2ccc(OC(F)(F)F)cc2)cc1. The first-order chi connectivity index (χ1) is 11.8. The predicted octanol–water partition coefficient (Wildman–Crippen LogP) is 3.74. The standard InChI is InChI=1S/C16H10F3N3O3/c17-16(18,19)25-12-7-5-10(6-8-12)9-1-3-11(4-2-9)13-14(15(23)24)21-22-20-13/h1-8H,(H,23,24)(H,20,21,22). The zero-order chi connectivity index (χ0) is 18.0. The molecule has 0 saturated heterocycles. The summed E-state index contributed by atoms with van der Waals surface area (Å²) in [6.45, 7) is 0. The molecule has 0 bridgehead atoms. The van der Waals surface area contributed by atoms with Crippen molar-refractivity contribution < 1.29 is 27.8 Å². The van der Waals surface area contributed by atoms with E-state index in [-0.39, 0.29) is 17.1 Å². The Hall–Kier alpha value is -3.36. The number of H-pyrrole nitrogens is 1. The highest BCUT2D eigenvalue weighted by Crippen LogP contribution is 2.28. The van der Waals surface area contributed by atoms with Crippen molar-refractivity contribution in [3.8, 4) is 28.1 Å². The number of hydrogen-bond acceptors (Lipinski definition) is 4. The monoisotopic (exact) mass is 349 g/mol. The van der Waals surface area contributed by atoms with Gasteiger partial charge in [-0.1, -0.05) is 41.6 Å². The van der Waals surface area contributed by atoms with Crippen LogP contribution in [0, 0.1) is 0 Å². The van der Waals surface area contributed by atoms with Crippen molar-refractivity contribution in [1.29, 1.82) is 0 Å². The molecule has 128 valence electrons. The van der Waals surface area contributed by atoms with Crippen molar-refractivity contribution in [3.63, 3.8) is 0 Å². The minimum atomic E-state index is -4.73. The lowest BCUT2D eigenvalue weighted by atomic mass is 10.0. The number of carboxylic acid groups (broad SMARTS) is 1. The Labute approximate surface area is 138 Å². The van der Waals surface area contributed by atoms with Crippen LogP contribution in [-0.2, 0) is 0 Å². The molecule has 0 fully saturated rings. The lowest BCUT2D eigenvalue weighted by Gasteiger charge is -2.09. The van der Waals surface area contributed by atoms with Crippen LogP contribution in [-0.4, -0.2) is 32.8 Å². The molecule has 3 rings (SSSR count). The van der Waals surface area contributed by atoms with Crippen molar-refractivity contribution >= 4 is 5.97 Å². The number of benzene rings is 2. The number of aromatic amines is 1. The van der Waals surface area contributed by atoms with Crippen LogP contribution in [0.5, 0.6) is 5.75 Å². The van der Waals surface area contributed by atoms with Crippen LogP contribution in [0.4, 0.5) is 13.2 Å². The average Bonchev–Trinajstić information content (AvgIpc) is 3.04. The summed E-state index contributed by atoms with van der Waals surface area (Å²) in [5.41, 5.74) is 2.05. The Balaban J connectivity index is 1.83. The first-order valence-electron chi connectivity index (χ1n) is 6.94. The summed E-state index contributed by atoms with van der Waals surface area (Å²) in [6, 6.07) is 12.1. The van der Waals surface area contributed by atoms with Gasteiger partial charge in [-0.25, -0.2) is 4.79 Å². The molecule has 0 unspecified atom stereocenters. The van der Waals surface area contributed by atoms with Crippen molar-refractivity contribution in [1.82, 2.24) is 15.4 Å². The fourth-order valence-electron chi connectivity index (χ4n) is 2.25. The molecule has 0 amide bonds. The number of nitrogens with zero attached hydrogens (tertiary/aromatic N) is 2. The van der Waals surface area contributed by atoms with E-state index < -0.39 is 12.3 Å². The van der Waals surface area contributed by atoms with Crippen LogP contribution in [0.15, 0.2) is 48.5 Å². The Morgan fingerprint density at radius 3 is 2.00 bits per heavy atom. The van der Waals surface area contributed by atoms with Crippen LogP contribution in [0.3, 0.4) is 0 Å². The third-order valence-electron chi connectivity index (χ3n) is 3.34. The molecule has 0 saturated carbocycles. The van der Waals surface area contributed by atoms with Crippen LogP contribution in [0.25, 0.3) is 22.4 Å². The van der Waals surface area contributed by atoms with Gasteiger partial charge in [-0.3, -0.25) is 5.10 Å². The zero-order valence-corrected chi connectivity index (χ0v) is 12.4. The van der Waals surface area contributed by atoms with Gasteiger partial charge in [0.15, 0.2) is 5.69 Å². The molecule has 0 aliphatic carbocycles. The summed E-state index contributed by atoms with van der Waals surface area (Å²) in [7, 11) is 0. The molecule has 25 heavy (non-hydrogen) atoms. The number of halogens is 3. The minimum absolute atomic E-state index is 0.124. The van der Waals surface area contributed by atoms with E-state index in [4.69, 9.17) is 5.11 Å². The van der Waals surface area contributed by atoms with E-state index in [1.807, 2.05) is 0 Å². The molecule has 1 heterocycles. The van der Waals surface area contributed by atoms with Gasteiger partial charge in [0.05, 0.1) is 0 Å². The van der Waals surface area contributed by atoms with Gasteiger partial charge in [-0.05, 0) is 23.3 Å². The van der Waals surface area contributed by atoms with Gasteiger partial charge in [0.25, 0.3) is 0 Å². The molecule has 3 aromatic rings. The highest BCUT2D eigenvalue weighted by Gasteiger charge is 2.30. The van der Waals surface area contributed by atoms with E-state index in [0.717, 1.165) is 5.56 Å². The maximum atomic E-state index is 12.2. The summed E-state index contributed by atoms with van der Waals surface area (Å²) in [4.78, 5) is 11.1. The smallest absolute Gasteiger partial charge is 0.476 e. The van der Waals surface area contributed by atoms with Crippen molar-refractivity contribution in [3.05, 3.63) is 54.2 Å². The molecule has 0 radical (unpaired) electrons. The fraction of sp³-hybridized carbons (Fsp3) is 0.0625. The molecule has 2 N–H and O–H groups in total. The number of ether oxygens (including phenoxy) is 1. The second-order valence-corrected chi connectivity index (χ2v) is 4.99. The quantitative estimate of drug-likeness (QED) is 0.749. The summed E-state index contributed by atoms with van der Waals surface area (Å²) >= 11 is 0. The van der Waals surface area contributed by atoms with E-state index in [0.29, 0.717) is 11.1 Å². The van der Waals surface area contributed by atoms with Crippen LogP contribution in [0.1, 0.15) is 10.5 Å². The Bertz CT molecular complexity index is 887. The molecular weight excluding hydrogens is 339 g/mol. The van der Waals surface area contributed by atoms with Gasteiger partial charge in [0.1, 0.15) is 11.4 Å². The fourth-order valence-corrected chi connectivity index (χ4v) is 2.25. The van der Waals surface area contributed by atoms with E-state index in [1.54, 1.807) is 24.3 Å². The van der Waals surface area contributed by atoms with E-state index in [1.165, 1.54) is 24.3 Å². The molecule has 0 aliphatic rings. The lowest BCUT2D eigenvalue weighted by molar-refractivity contribution is -0.274. The van der Waals surface area contributed by atoms with E-state index in [2.05, 4.69) is 20.1 Å². The maximum Gasteiger partial charge on any atom is 0.573 e. The van der Waals surface area contributed by atoms with E-state index >= 15 is 0 Å². The lowest BCUT2D eigenvalue weighted by Crippen LogP contribution is -2.16. The highest BCUT2D eigenvalue weighted by atomic mass is 19.4. The summed E-state index contributed by atoms with van der Waals surface area (Å²) < 4.78 is 40.3. The summed E-state index contributed by atoms with van der Waals surface area (Å²) in [5, 5.41) is 18.6. The number of aromatic carboxylic acids is 1. The number of carbonyl (C=O) groups is 1. The van der Waals surface area contributed by atoms with Gasteiger partial charge >= 0.3 is 12.3 Å². The molecule has 6 nitrogen and oxygen atoms in total. The van der Waals surface area contributed by atoms with E-state index in [9.17, 15) is 18.0 Å². The zero-order valence-electron chi connectivity index (χ0n) is 12.4. The third-order valence-corrected chi connectivity index (χ3v) is 3.34. The average molecular weight is 349 g/mol. The van der Waals surface area contributed by atoms with Gasteiger partial charge in [-0.15, -0.1) is 18.3 Å². The van der Waals surface area contributed by atoms with Crippen molar-refractivity contribution in [2.45, 2.75) is 6.36 Å². The van der Waals surface area contributed by atoms with Crippen LogP contribution in [0.2, 0.25) is 0 Å². The van der Waals surface area contributed by atoms with Gasteiger partial charge in [0, 0.05) is 5.56 Å². The summed E-state index contributed by atoms with van der Waals surface area (Å²) in [6.07, 6.45) is -4.73. The van der Waals surface area contributed by atoms with Gasteiger partial charge in [0.2, 0.25) is 0 Å². The predicted molar refractivity (Wildman–Crippen MR) is 80.9 cm³/mol. The second kappa shape index (κ2) is 6.27. The number of alkyl halides is 3. The first kappa shape index (κ1) is 16.5. The largest absolute Gasteiger partial charge is 0.573 e. The topological polar surface area (TPSA) is 88.1 Å². The molecule has 1 aromatic heterocycles. The molecule has 9 heteroatoms. The number of carboxylic acids is 1. The first-order valence-corrected chi connectivity index (χ1v) is 6.94. The van der Waals surface area contributed by atoms with Crippen LogP contribution >= 0.6 is 0 Å². The molecule has 2 aromatic carbocycles. The number of rotatable bonds is 4. The third kappa shape index (κ3) is 3.77. The van der Waals surface area contributed by atoms with Gasteiger partial charge in [-0.2, -0.15) is 0 Å². The highest BCUT2D eigenvalue weighted by molar-refractivity contribution is 5.92. The summed E-state index contributed by atoms with van der Waals surface area (Å²) in [5.74, 6) is -1.48. The van der Waals surface area contributed by atoms with Crippen molar-refractivity contribution in [2.75, 3.05) is 0 Å². The molecule has 0 atom stereocenters. The number of aromatic nitrogens is 3. The molecule has 0 aliphatic heterocycles. The second-order valence-electron chi connectivity index (χ2n) is 4.99. The number of nitrogens with one attached hydrogen (secondary N) is 1. The molecule has 0 spiro atoms. The normalized spacial score (nSPS) is 11.3. The molecular formula is C16H10F3N3O3. The minimum Gasteiger partial charge on any atom is -0.476 e. The maximum absolute atomic E-state index is 12.2. The van der Waals surface area contributed by atoms with Gasteiger partial charge < -0.3 is 9.84 Å². The van der Waals surface area contributed by atoms with Crippen molar-refractivity contribution in [2.24, 2.45) is 0 Å². The number of hydrogen-bond donors (Lipinski definition) is 2. The Morgan fingerprint density at radius 1 is 0.960 bits per heavy atom. The van der Waals surface area contributed by atoms with Crippen LogP contribution < -0.4 is 4.74 Å².